The third kappa shape index (κ3) is 2.63. The highest BCUT2D eigenvalue weighted by molar-refractivity contribution is 5.61. The molecule has 4 nitrogen and oxygen atoms in total. The molecule has 4 heteroatoms. The van der Waals surface area contributed by atoms with Gasteiger partial charge in [0.05, 0.1) is 5.69 Å². The summed E-state index contributed by atoms with van der Waals surface area (Å²) in [6, 6.07) is 8.45. The fourth-order valence-corrected chi connectivity index (χ4v) is 2.32. The van der Waals surface area contributed by atoms with Gasteiger partial charge in [-0.15, -0.1) is 0 Å². The monoisotopic (exact) mass is 258 g/mol. The second-order valence-electron chi connectivity index (χ2n) is 5.01. The molecule has 1 aromatic carbocycles. The fourth-order valence-electron chi connectivity index (χ4n) is 2.32. The number of nitrogens with two attached hydrogens (primary N) is 1. The quantitative estimate of drug-likeness (QED) is 0.912. The zero-order chi connectivity index (χ0) is 14.0. The van der Waals surface area contributed by atoms with Gasteiger partial charge in [0.2, 0.25) is 0 Å². The van der Waals surface area contributed by atoms with Crippen LogP contribution in [-0.2, 0) is 13.5 Å². The zero-order valence-electron chi connectivity index (χ0n) is 12.1. The summed E-state index contributed by atoms with van der Waals surface area (Å²) in [4.78, 5) is 6.76. The van der Waals surface area contributed by atoms with Gasteiger partial charge in [0, 0.05) is 44.5 Å². The molecule has 2 N–H and O–H groups in total. The number of imidazole rings is 1. The van der Waals surface area contributed by atoms with Crippen molar-refractivity contribution < 1.29 is 0 Å². The summed E-state index contributed by atoms with van der Waals surface area (Å²) < 4.78 is 2.15. The Kier molecular flexibility index (Phi) is 3.90. The molecule has 0 aliphatic carbocycles. The summed E-state index contributed by atoms with van der Waals surface area (Å²) >= 11 is 0. The molecule has 2 rings (SSSR count). The van der Waals surface area contributed by atoms with E-state index >= 15 is 0 Å². The minimum absolute atomic E-state index is 0.652. The average molecular weight is 258 g/mol. The summed E-state index contributed by atoms with van der Waals surface area (Å²) in [5, 5.41) is 0. The van der Waals surface area contributed by atoms with Gasteiger partial charge in [-0.3, -0.25) is 0 Å². The molecule has 0 aliphatic heterocycles. The molecule has 0 aliphatic rings. The van der Waals surface area contributed by atoms with Crippen molar-refractivity contribution in [1.29, 1.82) is 0 Å². The third-order valence-electron chi connectivity index (χ3n) is 3.44. The fraction of sp³-hybridized carbons (Fsp3) is 0.400. The number of hydrogen-bond acceptors (Lipinski definition) is 3. The van der Waals surface area contributed by atoms with Crippen molar-refractivity contribution in [3.05, 3.63) is 35.7 Å². The third-order valence-corrected chi connectivity index (χ3v) is 3.44. The van der Waals surface area contributed by atoms with E-state index in [1.165, 1.54) is 11.4 Å². The van der Waals surface area contributed by atoms with Gasteiger partial charge < -0.3 is 15.2 Å². The average Bonchev–Trinajstić information content (AvgIpc) is 2.67. The first-order valence-corrected chi connectivity index (χ1v) is 6.54. The molecule has 2 aromatic rings. The first kappa shape index (κ1) is 13.6. The molecule has 0 amide bonds. The summed E-state index contributed by atoms with van der Waals surface area (Å²) in [6.45, 7) is 2.70. The Bertz CT molecular complexity index is 552. The van der Waals surface area contributed by atoms with Crippen LogP contribution < -0.4 is 10.6 Å². The Morgan fingerprint density at radius 2 is 1.84 bits per heavy atom. The van der Waals surface area contributed by atoms with Crippen LogP contribution in [0.5, 0.6) is 0 Å². The van der Waals surface area contributed by atoms with Gasteiger partial charge in [-0.1, -0.05) is 0 Å². The van der Waals surface area contributed by atoms with Crippen LogP contribution in [0.2, 0.25) is 0 Å². The Balaban J connectivity index is 2.39. The number of benzene rings is 1. The van der Waals surface area contributed by atoms with Gasteiger partial charge in [-0.05, 0) is 37.7 Å². The van der Waals surface area contributed by atoms with Crippen molar-refractivity contribution in [2.75, 3.05) is 25.5 Å². The van der Waals surface area contributed by atoms with Gasteiger partial charge in [0.1, 0.15) is 5.82 Å². The number of rotatable bonds is 4. The summed E-state index contributed by atoms with van der Waals surface area (Å²) in [6.07, 6.45) is 0.866. The number of hydrogen-bond donors (Lipinski definition) is 1. The van der Waals surface area contributed by atoms with Crippen LogP contribution in [0.4, 0.5) is 5.69 Å². The van der Waals surface area contributed by atoms with Crippen molar-refractivity contribution in [2.45, 2.75) is 13.3 Å². The van der Waals surface area contributed by atoms with Crippen LogP contribution in [0.15, 0.2) is 24.3 Å². The Morgan fingerprint density at radius 1 is 1.21 bits per heavy atom. The summed E-state index contributed by atoms with van der Waals surface area (Å²) in [5.74, 6) is 1.01. The maximum Gasteiger partial charge on any atom is 0.140 e. The number of aryl methyl sites for hydroxylation is 1. The van der Waals surface area contributed by atoms with Gasteiger partial charge in [0.25, 0.3) is 0 Å². The van der Waals surface area contributed by atoms with Gasteiger partial charge in [-0.2, -0.15) is 0 Å². The van der Waals surface area contributed by atoms with Crippen LogP contribution >= 0.6 is 0 Å². The van der Waals surface area contributed by atoms with Crippen LogP contribution in [0.3, 0.4) is 0 Å². The molecule has 19 heavy (non-hydrogen) atoms. The van der Waals surface area contributed by atoms with Crippen LogP contribution in [0.25, 0.3) is 11.4 Å². The minimum Gasteiger partial charge on any atom is -0.378 e. The number of anilines is 1. The van der Waals surface area contributed by atoms with Gasteiger partial charge in [-0.25, -0.2) is 4.98 Å². The first-order chi connectivity index (χ1) is 9.04. The van der Waals surface area contributed by atoms with Crippen LogP contribution in [0.1, 0.15) is 11.4 Å². The molecular formula is C15H22N4. The lowest BCUT2D eigenvalue weighted by atomic mass is 10.2. The van der Waals surface area contributed by atoms with Crippen molar-refractivity contribution in [3.8, 4) is 11.4 Å². The zero-order valence-corrected chi connectivity index (χ0v) is 12.1. The molecule has 1 heterocycles. The van der Waals surface area contributed by atoms with Crippen LogP contribution in [0, 0.1) is 6.92 Å². The molecule has 0 spiro atoms. The largest absolute Gasteiger partial charge is 0.378 e. The standard InChI is InChI=1S/C15H22N4/c1-11-14(9-10-16)19(4)15(17-11)12-5-7-13(8-6-12)18(2)3/h5-8H,9-10,16H2,1-4H3. The van der Waals surface area contributed by atoms with Crippen LogP contribution in [-0.4, -0.2) is 30.2 Å². The van der Waals surface area contributed by atoms with E-state index in [0.29, 0.717) is 6.54 Å². The van der Waals surface area contributed by atoms with Gasteiger partial charge in [0.15, 0.2) is 0 Å². The number of nitrogens with zero attached hydrogens (tertiary/aromatic N) is 3. The second kappa shape index (κ2) is 5.45. The van der Waals surface area contributed by atoms with E-state index in [1.807, 2.05) is 21.0 Å². The molecular weight excluding hydrogens is 236 g/mol. The lowest BCUT2D eigenvalue weighted by Crippen LogP contribution is -2.09. The van der Waals surface area contributed by atoms with E-state index in [1.54, 1.807) is 0 Å². The molecule has 1 aromatic heterocycles. The van der Waals surface area contributed by atoms with Crippen molar-refractivity contribution >= 4 is 5.69 Å². The van der Waals surface area contributed by atoms with Gasteiger partial charge >= 0.3 is 0 Å². The summed E-state index contributed by atoms with van der Waals surface area (Å²) in [5.41, 5.74) is 10.3. The lowest BCUT2D eigenvalue weighted by molar-refractivity contribution is 0.805. The van der Waals surface area contributed by atoms with E-state index < -0.39 is 0 Å². The van der Waals surface area contributed by atoms with E-state index in [-0.39, 0.29) is 0 Å². The Hall–Kier alpha value is -1.81. The van der Waals surface area contributed by atoms with E-state index in [9.17, 15) is 0 Å². The molecule has 0 saturated carbocycles. The Morgan fingerprint density at radius 3 is 2.37 bits per heavy atom. The summed E-state index contributed by atoms with van der Waals surface area (Å²) in [7, 11) is 6.14. The molecule has 0 fully saturated rings. The molecule has 0 unspecified atom stereocenters. The number of aromatic nitrogens is 2. The maximum atomic E-state index is 5.65. The molecule has 0 saturated heterocycles. The van der Waals surface area contributed by atoms with Crippen molar-refractivity contribution in [1.82, 2.24) is 9.55 Å². The van der Waals surface area contributed by atoms with E-state index in [4.69, 9.17) is 5.73 Å². The van der Waals surface area contributed by atoms with Crippen molar-refractivity contribution in [2.24, 2.45) is 12.8 Å². The second-order valence-corrected chi connectivity index (χ2v) is 5.01. The van der Waals surface area contributed by atoms with Crippen molar-refractivity contribution in [3.63, 3.8) is 0 Å². The SMILES string of the molecule is Cc1nc(-c2ccc(N(C)C)cc2)n(C)c1CCN. The first-order valence-electron chi connectivity index (χ1n) is 6.54. The molecule has 0 atom stereocenters. The smallest absolute Gasteiger partial charge is 0.140 e. The minimum atomic E-state index is 0.652. The molecule has 102 valence electrons. The molecule has 0 bridgehead atoms. The normalized spacial score (nSPS) is 10.8. The van der Waals surface area contributed by atoms with E-state index in [0.717, 1.165) is 23.5 Å². The molecule has 0 radical (unpaired) electrons. The predicted molar refractivity (Wildman–Crippen MR) is 80.5 cm³/mol. The highest BCUT2D eigenvalue weighted by Crippen LogP contribution is 2.23. The predicted octanol–water partition coefficient (Wildman–Crippen LogP) is 1.96. The highest BCUT2D eigenvalue weighted by Gasteiger charge is 2.12. The van der Waals surface area contributed by atoms with E-state index in [2.05, 4.69) is 45.8 Å². The topological polar surface area (TPSA) is 47.1 Å². The lowest BCUT2D eigenvalue weighted by Gasteiger charge is -2.12. The Labute approximate surface area is 114 Å². The highest BCUT2D eigenvalue weighted by atomic mass is 15.1. The maximum absolute atomic E-state index is 5.65.